The van der Waals surface area contributed by atoms with Crippen molar-refractivity contribution in [3.05, 3.63) is 9.76 Å². The van der Waals surface area contributed by atoms with Crippen LogP contribution in [0.5, 0.6) is 0 Å². The van der Waals surface area contributed by atoms with Crippen LogP contribution >= 0.6 is 27.5 Å². The SMILES string of the molecule is CN1C(Cl)=C(Br)NN1C1CCC1. The molecule has 12 heavy (non-hydrogen) atoms. The molecule has 2 aliphatic rings. The van der Waals surface area contributed by atoms with E-state index in [0.29, 0.717) is 6.04 Å². The van der Waals surface area contributed by atoms with Crippen LogP contribution in [-0.2, 0) is 0 Å². The van der Waals surface area contributed by atoms with E-state index in [1.165, 1.54) is 19.3 Å². The minimum Gasteiger partial charge on any atom is -0.292 e. The highest BCUT2D eigenvalue weighted by Gasteiger charge is 2.33. The Kier molecular flexibility index (Phi) is 2.23. The van der Waals surface area contributed by atoms with Crippen molar-refractivity contribution in [3.8, 4) is 0 Å². The Morgan fingerprint density at radius 1 is 1.58 bits per heavy atom. The minimum atomic E-state index is 0.610. The van der Waals surface area contributed by atoms with E-state index in [0.717, 1.165) is 9.76 Å². The molecule has 0 aromatic carbocycles. The summed E-state index contributed by atoms with van der Waals surface area (Å²) in [6.07, 6.45) is 3.83. The summed E-state index contributed by atoms with van der Waals surface area (Å²) in [7, 11) is 1.96. The van der Waals surface area contributed by atoms with Gasteiger partial charge in [-0.3, -0.25) is 10.4 Å². The third-order valence-corrected chi connectivity index (χ3v) is 3.64. The van der Waals surface area contributed by atoms with Crippen molar-refractivity contribution >= 4 is 27.5 Å². The predicted molar refractivity (Wildman–Crippen MR) is 52.2 cm³/mol. The van der Waals surface area contributed by atoms with Gasteiger partial charge in [0.05, 0.1) is 6.04 Å². The first-order chi connectivity index (χ1) is 5.70. The molecular weight excluding hydrogens is 241 g/mol. The molecule has 1 heterocycles. The van der Waals surface area contributed by atoms with E-state index in [-0.39, 0.29) is 0 Å². The van der Waals surface area contributed by atoms with Crippen LogP contribution in [0.15, 0.2) is 9.76 Å². The molecule has 0 saturated heterocycles. The molecule has 0 spiro atoms. The molecule has 1 fully saturated rings. The fraction of sp³-hybridized carbons (Fsp3) is 0.714. The van der Waals surface area contributed by atoms with Crippen LogP contribution < -0.4 is 5.43 Å². The molecule has 0 aromatic rings. The van der Waals surface area contributed by atoms with Crippen molar-refractivity contribution in [2.24, 2.45) is 0 Å². The van der Waals surface area contributed by atoms with Gasteiger partial charge < -0.3 is 0 Å². The molecule has 5 heteroatoms. The molecule has 0 amide bonds. The highest BCUT2D eigenvalue weighted by molar-refractivity contribution is 9.11. The molecule has 3 nitrogen and oxygen atoms in total. The average molecular weight is 253 g/mol. The second-order valence-corrected chi connectivity index (χ2v) is 4.32. The second-order valence-electron chi connectivity index (χ2n) is 3.17. The van der Waals surface area contributed by atoms with E-state index in [4.69, 9.17) is 11.6 Å². The van der Waals surface area contributed by atoms with Crippen LogP contribution in [0.1, 0.15) is 19.3 Å². The van der Waals surface area contributed by atoms with Gasteiger partial charge in [-0.2, -0.15) is 0 Å². The van der Waals surface area contributed by atoms with Crippen LogP contribution in [0.3, 0.4) is 0 Å². The van der Waals surface area contributed by atoms with Crippen LogP contribution in [0.25, 0.3) is 0 Å². The first-order valence-electron chi connectivity index (χ1n) is 4.05. The lowest BCUT2D eigenvalue weighted by Crippen LogP contribution is -2.50. The number of hydrogen-bond acceptors (Lipinski definition) is 3. The lowest BCUT2D eigenvalue weighted by Gasteiger charge is -2.38. The van der Waals surface area contributed by atoms with Gasteiger partial charge >= 0.3 is 0 Å². The topological polar surface area (TPSA) is 18.5 Å². The number of hydrogen-bond donors (Lipinski definition) is 1. The molecule has 0 atom stereocenters. The van der Waals surface area contributed by atoms with E-state index in [1.807, 2.05) is 12.1 Å². The summed E-state index contributed by atoms with van der Waals surface area (Å²) in [6.45, 7) is 0. The van der Waals surface area contributed by atoms with Gasteiger partial charge in [-0.05, 0) is 28.8 Å². The van der Waals surface area contributed by atoms with Crippen molar-refractivity contribution in [1.82, 2.24) is 15.6 Å². The monoisotopic (exact) mass is 251 g/mol. The largest absolute Gasteiger partial charge is 0.292 e. The highest BCUT2D eigenvalue weighted by atomic mass is 79.9. The van der Waals surface area contributed by atoms with E-state index in [2.05, 4.69) is 26.5 Å². The van der Waals surface area contributed by atoms with Gasteiger partial charge in [-0.25, -0.2) is 0 Å². The molecule has 1 aliphatic carbocycles. The molecule has 1 N–H and O–H groups in total. The Hall–Kier alpha value is 0.0700. The van der Waals surface area contributed by atoms with E-state index < -0.39 is 0 Å². The van der Waals surface area contributed by atoms with E-state index >= 15 is 0 Å². The lowest BCUT2D eigenvalue weighted by molar-refractivity contribution is -0.0498. The molecule has 2 rings (SSSR count). The highest BCUT2D eigenvalue weighted by Crippen LogP contribution is 2.32. The maximum atomic E-state index is 5.99. The van der Waals surface area contributed by atoms with Gasteiger partial charge in [-0.15, -0.1) is 5.12 Å². The standard InChI is InChI=1S/C7H11BrClN3/c1-11-7(9)6(8)10-12(11)5-3-2-4-5/h5,10H,2-4H2,1H3. The van der Waals surface area contributed by atoms with Gasteiger partial charge in [0.1, 0.15) is 4.61 Å². The van der Waals surface area contributed by atoms with Gasteiger partial charge in [0.2, 0.25) is 0 Å². The summed E-state index contributed by atoms with van der Waals surface area (Å²) < 4.78 is 0.860. The van der Waals surface area contributed by atoms with E-state index in [9.17, 15) is 0 Å². The van der Waals surface area contributed by atoms with Crippen molar-refractivity contribution in [3.63, 3.8) is 0 Å². The summed E-state index contributed by atoms with van der Waals surface area (Å²) in [5.74, 6) is 0. The summed E-state index contributed by atoms with van der Waals surface area (Å²) in [6, 6.07) is 0.610. The Bertz CT molecular complexity index is 227. The normalized spacial score (nSPS) is 26.1. The van der Waals surface area contributed by atoms with Gasteiger partial charge in [0.25, 0.3) is 0 Å². The zero-order chi connectivity index (χ0) is 8.72. The van der Waals surface area contributed by atoms with Crippen molar-refractivity contribution < 1.29 is 0 Å². The van der Waals surface area contributed by atoms with Crippen molar-refractivity contribution in [1.29, 1.82) is 0 Å². The van der Waals surface area contributed by atoms with Crippen molar-refractivity contribution in [2.45, 2.75) is 25.3 Å². The summed E-state index contributed by atoms with van der Waals surface area (Å²) in [4.78, 5) is 0. The average Bonchev–Trinajstić information content (AvgIpc) is 2.15. The number of nitrogens with zero attached hydrogens (tertiary/aromatic N) is 2. The van der Waals surface area contributed by atoms with Gasteiger partial charge in [0, 0.05) is 7.05 Å². The zero-order valence-corrected chi connectivity index (χ0v) is 9.19. The van der Waals surface area contributed by atoms with E-state index in [1.54, 1.807) is 0 Å². The first-order valence-corrected chi connectivity index (χ1v) is 5.22. The van der Waals surface area contributed by atoms with Crippen LogP contribution in [0.2, 0.25) is 0 Å². The maximum absolute atomic E-state index is 5.99. The van der Waals surface area contributed by atoms with Crippen LogP contribution in [-0.4, -0.2) is 23.2 Å². The molecule has 1 aliphatic heterocycles. The fourth-order valence-corrected chi connectivity index (χ4v) is 1.99. The summed E-state index contributed by atoms with van der Waals surface area (Å²) in [5, 5.41) is 4.74. The number of hydrazine groups is 2. The molecule has 0 unspecified atom stereocenters. The minimum absolute atomic E-state index is 0.610. The number of nitrogens with one attached hydrogen (secondary N) is 1. The molecule has 1 saturated carbocycles. The zero-order valence-electron chi connectivity index (χ0n) is 6.85. The third kappa shape index (κ3) is 1.22. The maximum Gasteiger partial charge on any atom is 0.152 e. The Labute approximate surface area is 85.4 Å². The first kappa shape index (κ1) is 8.66. The summed E-state index contributed by atoms with van der Waals surface area (Å²) in [5.41, 5.74) is 3.18. The molecule has 68 valence electrons. The fourth-order valence-electron chi connectivity index (χ4n) is 1.43. The number of rotatable bonds is 1. The third-order valence-electron chi connectivity index (χ3n) is 2.42. The molecule has 0 aromatic heterocycles. The second kappa shape index (κ2) is 3.09. The van der Waals surface area contributed by atoms with Gasteiger partial charge in [-0.1, -0.05) is 18.0 Å². The van der Waals surface area contributed by atoms with Crippen molar-refractivity contribution in [2.75, 3.05) is 7.05 Å². The Balaban J connectivity index is 2.04. The summed E-state index contributed by atoms with van der Waals surface area (Å²) >= 11 is 9.35. The lowest BCUT2D eigenvalue weighted by atomic mass is 9.93. The molecular formula is C7H11BrClN3. The predicted octanol–water partition coefficient (Wildman–Crippen LogP) is 1.97. The molecule has 0 bridgehead atoms. The Morgan fingerprint density at radius 3 is 2.58 bits per heavy atom. The van der Waals surface area contributed by atoms with Crippen LogP contribution in [0.4, 0.5) is 0 Å². The van der Waals surface area contributed by atoms with Gasteiger partial charge in [0.15, 0.2) is 5.16 Å². The quantitative estimate of drug-likeness (QED) is 0.720. The Morgan fingerprint density at radius 2 is 2.25 bits per heavy atom. The number of halogens is 2. The van der Waals surface area contributed by atoms with Crippen LogP contribution in [0, 0.1) is 0 Å². The molecule has 0 radical (unpaired) electrons. The smallest absolute Gasteiger partial charge is 0.152 e.